The fourth-order valence-corrected chi connectivity index (χ4v) is 4.64. The number of aromatic nitrogens is 3. The van der Waals surface area contributed by atoms with E-state index in [1.807, 2.05) is 28.4 Å². The number of hydrogen-bond donors (Lipinski definition) is 0. The summed E-state index contributed by atoms with van der Waals surface area (Å²) < 4.78 is 16.4. The first kappa shape index (κ1) is 18.0. The maximum atomic E-state index is 14.3. The van der Waals surface area contributed by atoms with E-state index in [1.54, 1.807) is 18.3 Å². The molecule has 0 saturated heterocycles. The van der Waals surface area contributed by atoms with Crippen LogP contribution in [0.4, 0.5) is 4.39 Å². The highest BCUT2D eigenvalue weighted by molar-refractivity contribution is 14.2. The molecule has 0 atom stereocenters. The summed E-state index contributed by atoms with van der Waals surface area (Å²) in [4.78, 5) is 8.47. The Labute approximate surface area is 175 Å². The highest BCUT2D eigenvalue weighted by Crippen LogP contribution is 2.38. The molecule has 130 valence electrons. The van der Waals surface area contributed by atoms with Crippen molar-refractivity contribution in [1.82, 2.24) is 13.9 Å². The molecular formula is C18H9Cl2FIN3S. The fraction of sp³-hybridized carbons (Fsp3) is 0. The first-order chi connectivity index (χ1) is 12.6. The highest BCUT2D eigenvalue weighted by atomic mass is 127. The van der Waals surface area contributed by atoms with E-state index in [4.69, 9.17) is 23.2 Å². The Kier molecular flexibility index (Phi) is 5.09. The number of hydrogen-bond acceptors (Lipinski definition) is 3. The second-order valence-electron chi connectivity index (χ2n) is 5.49. The highest BCUT2D eigenvalue weighted by Gasteiger charge is 2.16. The first-order valence-electron chi connectivity index (χ1n) is 7.45. The van der Waals surface area contributed by atoms with Gasteiger partial charge >= 0.3 is 0 Å². The van der Waals surface area contributed by atoms with Gasteiger partial charge < -0.3 is 0 Å². The van der Waals surface area contributed by atoms with Crippen molar-refractivity contribution in [2.24, 2.45) is 0 Å². The number of nitrogens with zero attached hydrogens (tertiary/aromatic N) is 3. The van der Waals surface area contributed by atoms with Gasteiger partial charge in [-0.1, -0.05) is 35.3 Å². The molecule has 0 spiro atoms. The summed E-state index contributed by atoms with van der Waals surface area (Å²) in [6, 6.07) is 10.4. The van der Waals surface area contributed by atoms with Gasteiger partial charge in [-0.3, -0.25) is 8.96 Å². The van der Waals surface area contributed by atoms with Crippen LogP contribution in [-0.2, 0) is 0 Å². The molecule has 0 amide bonds. The molecule has 0 aliphatic carbocycles. The Morgan fingerprint density at radius 3 is 2.69 bits per heavy atom. The van der Waals surface area contributed by atoms with E-state index < -0.39 is 0 Å². The molecular weight excluding hydrogens is 507 g/mol. The summed E-state index contributed by atoms with van der Waals surface area (Å²) in [6.45, 7) is 0. The van der Waals surface area contributed by atoms with Gasteiger partial charge in [-0.05, 0) is 29.8 Å². The molecule has 0 bridgehead atoms. The molecule has 0 aliphatic heterocycles. The summed E-state index contributed by atoms with van der Waals surface area (Å²) >= 11 is 14.4. The predicted molar refractivity (Wildman–Crippen MR) is 115 cm³/mol. The van der Waals surface area contributed by atoms with E-state index in [-0.39, 0.29) is 5.82 Å². The molecule has 4 rings (SSSR count). The average molecular weight is 516 g/mol. The number of halogens is 4. The average Bonchev–Trinajstić information content (AvgIpc) is 3.00. The monoisotopic (exact) mass is 515 g/mol. The van der Waals surface area contributed by atoms with Crippen molar-refractivity contribution in [2.75, 3.05) is 0 Å². The van der Waals surface area contributed by atoms with Crippen LogP contribution in [0.25, 0.3) is 33.3 Å². The van der Waals surface area contributed by atoms with Crippen LogP contribution in [0.15, 0.2) is 55.0 Å². The van der Waals surface area contributed by atoms with Crippen LogP contribution >= 0.6 is 53.5 Å². The van der Waals surface area contributed by atoms with Crippen LogP contribution in [0.3, 0.4) is 0 Å². The van der Waals surface area contributed by atoms with Gasteiger partial charge in [0.25, 0.3) is 0 Å². The summed E-state index contributed by atoms with van der Waals surface area (Å²) in [5, 5.41) is 1.61. The van der Waals surface area contributed by atoms with Crippen molar-refractivity contribution in [2.45, 2.75) is 0 Å². The topological polar surface area (TPSA) is 30.7 Å². The molecule has 3 nitrogen and oxygen atoms in total. The Balaban J connectivity index is 1.99. The van der Waals surface area contributed by atoms with Gasteiger partial charge in [0, 0.05) is 53.0 Å². The van der Waals surface area contributed by atoms with Crippen LogP contribution < -0.4 is 0 Å². The third-order valence-electron chi connectivity index (χ3n) is 3.98. The Hall–Kier alpha value is -1.35. The third kappa shape index (κ3) is 3.19. The minimum atomic E-state index is -0.358. The number of benzene rings is 2. The second kappa shape index (κ2) is 7.34. The molecule has 2 aromatic heterocycles. The molecule has 0 aliphatic rings. The van der Waals surface area contributed by atoms with Crippen LogP contribution in [0, 0.1) is 5.82 Å². The molecule has 0 saturated carbocycles. The quantitative estimate of drug-likeness (QED) is 0.274. The van der Waals surface area contributed by atoms with Crippen LogP contribution in [0.5, 0.6) is 0 Å². The molecule has 2 aromatic carbocycles. The molecule has 0 unspecified atom stereocenters. The minimum absolute atomic E-state index is 0.318. The standard InChI is InChI=1S/C18H9Cl2FIN3S/c19-13-2-1-3-14(21)18(13)10-4-5-16-11(6-10)12(9-25(16)26-22)15-7-23-8-17(20)24-15/h1-9H. The maximum Gasteiger partial charge on any atom is 0.148 e. The van der Waals surface area contributed by atoms with Gasteiger partial charge in [0.1, 0.15) is 11.0 Å². The van der Waals surface area contributed by atoms with Crippen LogP contribution in [0.1, 0.15) is 0 Å². The van der Waals surface area contributed by atoms with Gasteiger partial charge in [-0.2, -0.15) is 0 Å². The van der Waals surface area contributed by atoms with Crippen LogP contribution in [-0.4, -0.2) is 13.9 Å². The second-order valence-corrected chi connectivity index (χ2v) is 8.00. The van der Waals surface area contributed by atoms with Gasteiger partial charge in [-0.15, -0.1) is 0 Å². The van der Waals surface area contributed by atoms with E-state index in [9.17, 15) is 4.39 Å². The van der Waals surface area contributed by atoms with Gasteiger partial charge in [0.05, 0.1) is 28.6 Å². The van der Waals surface area contributed by atoms with Gasteiger partial charge in [0.2, 0.25) is 0 Å². The number of fused-ring (bicyclic) bond motifs is 1. The van der Waals surface area contributed by atoms with Crippen LogP contribution in [0.2, 0.25) is 10.2 Å². The number of rotatable bonds is 3. The van der Waals surface area contributed by atoms with E-state index in [1.165, 1.54) is 21.4 Å². The largest absolute Gasteiger partial charge is 0.282 e. The normalized spacial score (nSPS) is 11.2. The molecule has 0 radical (unpaired) electrons. The summed E-state index contributed by atoms with van der Waals surface area (Å²) in [5.41, 5.74) is 3.59. The lowest BCUT2D eigenvalue weighted by atomic mass is 10.0. The Bertz CT molecular complexity index is 1110. The van der Waals surface area contributed by atoms with Crippen molar-refractivity contribution >= 4 is 64.4 Å². The zero-order chi connectivity index (χ0) is 18.3. The fourth-order valence-electron chi connectivity index (χ4n) is 2.86. The van der Waals surface area contributed by atoms with Crippen molar-refractivity contribution in [3.05, 3.63) is 71.0 Å². The predicted octanol–water partition coefficient (Wildman–Crippen LogP) is 7.06. The minimum Gasteiger partial charge on any atom is -0.282 e. The smallest absolute Gasteiger partial charge is 0.148 e. The van der Waals surface area contributed by atoms with E-state index in [0.29, 0.717) is 27.0 Å². The summed E-state index contributed by atoms with van der Waals surface area (Å²) in [5.74, 6) is -0.358. The lowest BCUT2D eigenvalue weighted by Gasteiger charge is -2.07. The maximum absolute atomic E-state index is 14.3. The lowest BCUT2D eigenvalue weighted by Crippen LogP contribution is -1.87. The molecule has 0 fully saturated rings. The zero-order valence-corrected chi connectivity index (χ0v) is 17.4. The molecule has 4 aromatic rings. The Morgan fingerprint density at radius 2 is 1.96 bits per heavy atom. The van der Waals surface area contributed by atoms with Gasteiger partial charge in [-0.25, -0.2) is 9.37 Å². The van der Waals surface area contributed by atoms with Crippen molar-refractivity contribution in [3.8, 4) is 22.4 Å². The van der Waals surface area contributed by atoms with Crippen molar-refractivity contribution in [3.63, 3.8) is 0 Å². The van der Waals surface area contributed by atoms with Gasteiger partial charge in [0.15, 0.2) is 0 Å². The van der Waals surface area contributed by atoms with E-state index >= 15 is 0 Å². The van der Waals surface area contributed by atoms with E-state index in [0.717, 1.165) is 16.5 Å². The van der Waals surface area contributed by atoms with Crippen molar-refractivity contribution in [1.29, 1.82) is 0 Å². The summed E-state index contributed by atoms with van der Waals surface area (Å²) in [6.07, 6.45) is 5.11. The first-order valence-corrected chi connectivity index (χ1v) is 11.5. The lowest BCUT2D eigenvalue weighted by molar-refractivity contribution is 0.631. The zero-order valence-electron chi connectivity index (χ0n) is 13.0. The SMILES string of the molecule is Fc1cccc(Cl)c1-c1ccc2c(c1)c(-c1cncc(Cl)n1)cn2SI. The molecule has 26 heavy (non-hydrogen) atoms. The summed E-state index contributed by atoms with van der Waals surface area (Å²) in [7, 11) is 1.53. The van der Waals surface area contributed by atoms with Crippen molar-refractivity contribution < 1.29 is 4.39 Å². The molecule has 0 N–H and O–H groups in total. The third-order valence-corrected chi connectivity index (χ3v) is 6.20. The Morgan fingerprint density at radius 1 is 1.12 bits per heavy atom. The molecule has 2 heterocycles. The molecule has 8 heteroatoms. The van der Waals surface area contributed by atoms with E-state index in [2.05, 4.69) is 31.2 Å².